The van der Waals surface area contributed by atoms with Crippen molar-refractivity contribution in [2.24, 2.45) is 5.16 Å². The molecule has 0 saturated carbocycles. The highest BCUT2D eigenvalue weighted by molar-refractivity contribution is 6.35. The minimum Gasteiger partial charge on any atom is -0.480 e. The van der Waals surface area contributed by atoms with Crippen molar-refractivity contribution >= 4 is 40.2 Å². The summed E-state index contributed by atoms with van der Waals surface area (Å²) < 4.78 is 5.24. The third kappa shape index (κ3) is 2.89. The van der Waals surface area contributed by atoms with Crippen molar-refractivity contribution in [2.75, 3.05) is 0 Å². The lowest BCUT2D eigenvalue weighted by atomic mass is 10.2. The normalized spacial score (nSPS) is 11.4. The highest BCUT2D eigenvalue weighted by atomic mass is 35.5. The van der Waals surface area contributed by atoms with Crippen LogP contribution in [0.15, 0.2) is 52.0 Å². The largest absolute Gasteiger partial charge is 0.480 e. The predicted molar refractivity (Wildman–Crippen MR) is 86.7 cm³/mol. The van der Waals surface area contributed by atoms with E-state index in [4.69, 9.17) is 32.5 Å². The van der Waals surface area contributed by atoms with Gasteiger partial charge in [0.2, 0.25) is 0 Å². The van der Waals surface area contributed by atoms with E-state index >= 15 is 0 Å². The Morgan fingerprint density at radius 1 is 1.05 bits per heavy atom. The van der Waals surface area contributed by atoms with Crippen LogP contribution in [-0.2, 0) is 11.4 Å². The van der Waals surface area contributed by atoms with Crippen LogP contribution in [0.1, 0.15) is 11.3 Å². The van der Waals surface area contributed by atoms with Crippen molar-refractivity contribution in [1.29, 1.82) is 0 Å². The Labute approximate surface area is 136 Å². The molecule has 0 fully saturated rings. The molecular weight excluding hydrogens is 325 g/mol. The quantitative estimate of drug-likeness (QED) is 0.539. The van der Waals surface area contributed by atoms with Crippen LogP contribution in [0.2, 0.25) is 10.0 Å². The maximum Gasteiger partial charge on any atom is 0.290 e. The first kappa shape index (κ1) is 14.8. The molecule has 0 amide bonds. The second-order valence-corrected chi connectivity index (χ2v) is 5.34. The van der Waals surface area contributed by atoms with Crippen LogP contribution in [0.3, 0.4) is 0 Å². The number of nitrogens with zero attached hydrogens (tertiary/aromatic N) is 1. The Bertz CT molecular complexity index is 822. The fourth-order valence-corrected chi connectivity index (χ4v) is 2.56. The van der Waals surface area contributed by atoms with Gasteiger partial charge in [0.25, 0.3) is 5.95 Å². The number of rotatable bonds is 4. The molecule has 0 radical (unpaired) electrons. The fraction of sp³-hybridized carbons (Fsp3) is 0.0625. The van der Waals surface area contributed by atoms with E-state index in [2.05, 4.69) is 5.16 Å². The van der Waals surface area contributed by atoms with Gasteiger partial charge in [0.1, 0.15) is 12.8 Å². The highest BCUT2D eigenvalue weighted by Crippen LogP contribution is 2.30. The van der Waals surface area contributed by atoms with E-state index in [0.29, 0.717) is 26.8 Å². The van der Waals surface area contributed by atoms with Crippen molar-refractivity contribution < 1.29 is 14.4 Å². The van der Waals surface area contributed by atoms with Crippen LogP contribution < -0.4 is 0 Å². The number of halogens is 2. The van der Waals surface area contributed by atoms with E-state index in [1.165, 1.54) is 6.21 Å². The molecule has 112 valence electrons. The molecule has 1 N–H and O–H groups in total. The summed E-state index contributed by atoms with van der Waals surface area (Å²) in [5, 5.41) is 15.9. The average Bonchev–Trinajstić information content (AvgIpc) is 2.83. The van der Waals surface area contributed by atoms with Crippen molar-refractivity contribution in [3.8, 4) is 5.95 Å². The Kier molecular flexibility index (Phi) is 4.22. The fourth-order valence-electron chi connectivity index (χ4n) is 2.05. The second-order valence-electron chi connectivity index (χ2n) is 4.53. The molecule has 1 aromatic heterocycles. The lowest BCUT2D eigenvalue weighted by Crippen LogP contribution is -1.90. The first-order chi connectivity index (χ1) is 10.7. The number of aromatic hydroxyl groups is 1. The molecule has 4 nitrogen and oxygen atoms in total. The topological polar surface area (TPSA) is 55.0 Å². The zero-order valence-electron chi connectivity index (χ0n) is 11.3. The first-order valence-corrected chi connectivity index (χ1v) is 7.21. The third-order valence-corrected chi connectivity index (χ3v) is 3.85. The van der Waals surface area contributed by atoms with E-state index in [-0.39, 0.29) is 12.6 Å². The summed E-state index contributed by atoms with van der Waals surface area (Å²) in [5.41, 5.74) is 0.662. The summed E-state index contributed by atoms with van der Waals surface area (Å²) in [6, 6.07) is 12.5. The smallest absolute Gasteiger partial charge is 0.290 e. The van der Waals surface area contributed by atoms with E-state index in [1.807, 2.05) is 18.2 Å². The predicted octanol–water partition coefficient (Wildman–Crippen LogP) is 5.00. The van der Waals surface area contributed by atoms with Crippen molar-refractivity contribution in [2.45, 2.75) is 6.61 Å². The first-order valence-electron chi connectivity index (χ1n) is 6.45. The Hall–Kier alpha value is -2.17. The lowest BCUT2D eigenvalue weighted by Gasteiger charge is -2.04. The molecule has 2 aromatic carbocycles. The van der Waals surface area contributed by atoms with Crippen molar-refractivity contribution in [1.82, 2.24) is 0 Å². The van der Waals surface area contributed by atoms with E-state index in [0.717, 1.165) is 5.39 Å². The van der Waals surface area contributed by atoms with Gasteiger partial charge in [0.05, 0.1) is 5.39 Å². The zero-order valence-corrected chi connectivity index (χ0v) is 12.8. The number of oxime groups is 1. The Morgan fingerprint density at radius 3 is 2.45 bits per heavy atom. The SMILES string of the molecule is Oc1oc(/C=N/OCc2c(Cl)cccc2Cl)c2ccccc12. The van der Waals surface area contributed by atoms with E-state index in [1.54, 1.807) is 24.3 Å². The zero-order chi connectivity index (χ0) is 15.5. The van der Waals surface area contributed by atoms with E-state index < -0.39 is 0 Å². The van der Waals surface area contributed by atoms with Gasteiger partial charge < -0.3 is 14.4 Å². The van der Waals surface area contributed by atoms with Gasteiger partial charge in [-0.05, 0) is 18.2 Å². The number of benzene rings is 2. The summed E-state index contributed by atoms with van der Waals surface area (Å²) in [4.78, 5) is 5.20. The van der Waals surface area contributed by atoms with Gasteiger partial charge in [0, 0.05) is 21.0 Å². The number of furan rings is 1. The minimum absolute atomic E-state index is 0.139. The molecule has 6 heteroatoms. The van der Waals surface area contributed by atoms with Gasteiger partial charge >= 0.3 is 0 Å². The number of fused-ring (bicyclic) bond motifs is 1. The average molecular weight is 336 g/mol. The molecule has 22 heavy (non-hydrogen) atoms. The number of hydrogen-bond donors (Lipinski definition) is 1. The standard InChI is InChI=1S/C16H11Cl2NO3/c17-13-6-3-7-14(18)12(13)9-21-19-8-15-10-4-1-2-5-11(10)16(20)22-15/h1-8,20H,9H2/b19-8+. The van der Waals surface area contributed by atoms with Crippen molar-refractivity contribution in [3.63, 3.8) is 0 Å². The van der Waals surface area contributed by atoms with Gasteiger partial charge in [-0.15, -0.1) is 0 Å². The molecule has 0 bridgehead atoms. The van der Waals surface area contributed by atoms with Crippen molar-refractivity contribution in [3.05, 3.63) is 63.8 Å². The maximum atomic E-state index is 9.70. The molecule has 1 heterocycles. The number of hydrogen-bond acceptors (Lipinski definition) is 4. The van der Waals surface area contributed by atoms with Crippen LogP contribution in [0.25, 0.3) is 10.8 Å². The lowest BCUT2D eigenvalue weighted by molar-refractivity contribution is 0.132. The summed E-state index contributed by atoms with van der Waals surface area (Å²) in [5.74, 6) is 0.268. The molecule has 0 aliphatic heterocycles. The van der Waals surface area contributed by atoms with Crippen LogP contribution in [0.5, 0.6) is 5.95 Å². The summed E-state index contributed by atoms with van der Waals surface area (Å²) >= 11 is 12.1. The molecule has 3 rings (SSSR count). The molecule has 0 unspecified atom stereocenters. The highest BCUT2D eigenvalue weighted by Gasteiger charge is 2.10. The summed E-state index contributed by atoms with van der Waals surface area (Å²) in [6.07, 6.45) is 1.40. The minimum atomic E-state index is -0.147. The molecule has 0 aliphatic carbocycles. The Morgan fingerprint density at radius 2 is 1.73 bits per heavy atom. The molecule has 3 aromatic rings. The van der Waals surface area contributed by atoms with E-state index in [9.17, 15) is 5.11 Å². The van der Waals surface area contributed by atoms with Gasteiger partial charge in [0.15, 0.2) is 5.76 Å². The third-order valence-electron chi connectivity index (χ3n) is 3.14. The molecule has 0 atom stereocenters. The Balaban J connectivity index is 1.75. The summed E-state index contributed by atoms with van der Waals surface area (Å²) in [6.45, 7) is 0.139. The maximum absolute atomic E-state index is 9.70. The van der Waals surface area contributed by atoms with Crippen LogP contribution in [0.4, 0.5) is 0 Å². The van der Waals surface area contributed by atoms with Gasteiger partial charge in [-0.3, -0.25) is 0 Å². The molecule has 0 aliphatic rings. The van der Waals surface area contributed by atoms with Crippen LogP contribution >= 0.6 is 23.2 Å². The monoisotopic (exact) mass is 335 g/mol. The summed E-state index contributed by atoms with van der Waals surface area (Å²) in [7, 11) is 0. The van der Waals surface area contributed by atoms with Gasteiger partial charge in [-0.2, -0.15) is 0 Å². The molecule has 0 saturated heterocycles. The van der Waals surface area contributed by atoms with Crippen LogP contribution in [0, 0.1) is 0 Å². The second kappa shape index (κ2) is 6.30. The molecular formula is C16H11Cl2NO3. The van der Waals surface area contributed by atoms with Crippen LogP contribution in [-0.4, -0.2) is 11.3 Å². The molecule has 0 spiro atoms. The van der Waals surface area contributed by atoms with Gasteiger partial charge in [-0.25, -0.2) is 0 Å². The van der Waals surface area contributed by atoms with Gasteiger partial charge in [-0.1, -0.05) is 52.6 Å².